The van der Waals surface area contributed by atoms with Crippen LogP contribution in [0.1, 0.15) is 22.3 Å². The van der Waals surface area contributed by atoms with Crippen LogP contribution in [0.3, 0.4) is 0 Å². The standard InChI is InChI=1S/C22H8F12N2S/c23-19(24,25)11-1-9(2-12(5-11)20(26,27)28)15-7-37-18-16(35-8-36-17(15)18)10-3-13(21(29,30)31)6-14(4-10)22(32,33)34/h1-8H. The van der Waals surface area contributed by atoms with Crippen LogP contribution in [0.2, 0.25) is 0 Å². The third-order valence-corrected chi connectivity index (χ3v) is 6.09. The van der Waals surface area contributed by atoms with Crippen molar-refractivity contribution < 1.29 is 52.7 Å². The first-order valence-electron chi connectivity index (χ1n) is 9.67. The van der Waals surface area contributed by atoms with Crippen LogP contribution in [0, 0.1) is 0 Å². The fourth-order valence-corrected chi connectivity index (χ4v) is 4.50. The van der Waals surface area contributed by atoms with Gasteiger partial charge < -0.3 is 0 Å². The molecule has 4 aromatic rings. The van der Waals surface area contributed by atoms with Crippen molar-refractivity contribution in [3.63, 3.8) is 0 Å². The minimum Gasteiger partial charge on any atom is -0.235 e. The number of fused-ring (bicyclic) bond motifs is 1. The Kier molecular flexibility index (Phi) is 6.20. The molecule has 2 aromatic heterocycles. The van der Waals surface area contributed by atoms with Gasteiger partial charge in [0.25, 0.3) is 0 Å². The number of hydrogen-bond donors (Lipinski definition) is 0. The summed E-state index contributed by atoms with van der Waals surface area (Å²) in [6, 6.07) is 1.50. The van der Waals surface area contributed by atoms with E-state index in [0.717, 1.165) is 11.7 Å². The van der Waals surface area contributed by atoms with Gasteiger partial charge in [0.2, 0.25) is 0 Å². The van der Waals surface area contributed by atoms with Gasteiger partial charge >= 0.3 is 24.7 Å². The molecule has 2 heterocycles. The minimum absolute atomic E-state index is 0.0836. The Morgan fingerprint density at radius 1 is 0.514 bits per heavy atom. The van der Waals surface area contributed by atoms with Crippen molar-refractivity contribution in [3.8, 4) is 22.4 Å². The molecule has 0 aliphatic rings. The Balaban J connectivity index is 1.96. The molecule has 37 heavy (non-hydrogen) atoms. The van der Waals surface area contributed by atoms with Crippen molar-refractivity contribution in [2.75, 3.05) is 0 Å². The Morgan fingerprint density at radius 3 is 1.32 bits per heavy atom. The fourth-order valence-electron chi connectivity index (χ4n) is 3.46. The Bertz CT molecular complexity index is 1410. The van der Waals surface area contributed by atoms with Gasteiger partial charge in [-0.25, -0.2) is 9.97 Å². The van der Waals surface area contributed by atoms with Crippen molar-refractivity contribution in [1.82, 2.24) is 9.97 Å². The van der Waals surface area contributed by atoms with Gasteiger partial charge in [-0.2, -0.15) is 52.7 Å². The van der Waals surface area contributed by atoms with E-state index in [9.17, 15) is 52.7 Å². The molecule has 0 aliphatic heterocycles. The molecule has 0 saturated carbocycles. The smallest absolute Gasteiger partial charge is 0.235 e. The number of alkyl halides is 12. The van der Waals surface area contributed by atoms with Crippen LogP contribution >= 0.6 is 11.3 Å². The summed E-state index contributed by atoms with van der Waals surface area (Å²) in [7, 11) is 0. The molecule has 0 atom stereocenters. The lowest BCUT2D eigenvalue weighted by Gasteiger charge is -2.15. The van der Waals surface area contributed by atoms with E-state index in [1.54, 1.807) is 0 Å². The average molecular weight is 560 g/mol. The second-order valence-corrected chi connectivity index (χ2v) is 8.52. The monoisotopic (exact) mass is 560 g/mol. The lowest BCUT2D eigenvalue weighted by molar-refractivity contribution is -0.144. The topological polar surface area (TPSA) is 25.8 Å². The summed E-state index contributed by atoms with van der Waals surface area (Å²) in [6.45, 7) is 0. The van der Waals surface area contributed by atoms with Gasteiger partial charge in [0.1, 0.15) is 6.33 Å². The molecule has 2 aromatic carbocycles. The lowest BCUT2D eigenvalue weighted by atomic mass is 9.99. The third-order valence-electron chi connectivity index (χ3n) is 5.11. The van der Waals surface area contributed by atoms with E-state index in [1.165, 1.54) is 0 Å². The molecule has 0 amide bonds. The summed E-state index contributed by atoms with van der Waals surface area (Å²) >= 11 is 0.634. The van der Waals surface area contributed by atoms with Crippen LogP contribution in [-0.2, 0) is 24.7 Å². The van der Waals surface area contributed by atoms with Crippen LogP contribution in [-0.4, -0.2) is 9.97 Å². The molecule has 196 valence electrons. The molecule has 0 saturated heterocycles. The summed E-state index contributed by atoms with van der Waals surface area (Å²) in [4.78, 5) is 7.57. The van der Waals surface area contributed by atoms with E-state index in [-0.39, 0.29) is 27.9 Å². The molecule has 0 unspecified atom stereocenters. The second kappa shape index (κ2) is 8.60. The Hall–Kier alpha value is -3.36. The van der Waals surface area contributed by atoms with Gasteiger partial charge in [0.15, 0.2) is 0 Å². The van der Waals surface area contributed by atoms with Crippen LogP contribution in [0.25, 0.3) is 32.6 Å². The number of hydrogen-bond acceptors (Lipinski definition) is 3. The fraction of sp³-hybridized carbons (Fsp3) is 0.182. The van der Waals surface area contributed by atoms with Gasteiger partial charge in [-0.15, -0.1) is 11.3 Å². The number of aromatic nitrogens is 2. The van der Waals surface area contributed by atoms with Crippen LogP contribution in [0.5, 0.6) is 0 Å². The molecule has 0 aliphatic carbocycles. The SMILES string of the molecule is FC(F)(F)c1cc(-c2csc3c(-c4cc(C(F)(F)F)cc(C(F)(F)F)c4)ncnc23)cc(C(F)(F)F)c1. The first kappa shape index (κ1) is 26.7. The van der Waals surface area contributed by atoms with Crippen molar-refractivity contribution in [1.29, 1.82) is 0 Å². The van der Waals surface area contributed by atoms with Gasteiger partial charge in [-0.3, -0.25) is 0 Å². The van der Waals surface area contributed by atoms with Gasteiger partial charge in [0, 0.05) is 16.5 Å². The summed E-state index contributed by atoms with van der Waals surface area (Å²) in [6.07, 6.45) is -19.9. The largest absolute Gasteiger partial charge is 0.416 e. The highest BCUT2D eigenvalue weighted by atomic mass is 32.1. The predicted octanol–water partition coefficient (Wildman–Crippen LogP) is 9.10. The average Bonchev–Trinajstić information content (AvgIpc) is 3.20. The molecule has 0 fully saturated rings. The molecular formula is C22H8F12N2S. The molecule has 15 heteroatoms. The van der Waals surface area contributed by atoms with Crippen LogP contribution < -0.4 is 0 Å². The second-order valence-electron chi connectivity index (χ2n) is 7.64. The number of thiophene rings is 1. The van der Waals surface area contributed by atoms with Crippen LogP contribution in [0.15, 0.2) is 48.1 Å². The van der Waals surface area contributed by atoms with E-state index < -0.39 is 63.8 Å². The zero-order valence-electron chi connectivity index (χ0n) is 17.5. The van der Waals surface area contributed by atoms with Crippen molar-refractivity contribution in [2.45, 2.75) is 24.7 Å². The van der Waals surface area contributed by atoms with E-state index in [1.807, 2.05) is 0 Å². The normalized spacial score (nSPS) is 13.4. The molecule has 0 radical (unpaired) electrons. The third kappa shape index (κ3) is 5.36. The quantitative estimate of drug-likeness (QED) is 0.229. The number of benzene rings is 2. The molecule has 4 rings (SSSR count). The predicted molar refractivity (Wildman–Crippen MR) is 108 cm³/mol. The van der Waals surface area contributed by atoms with Crippen molar-refractivity contribution >= 4 is 21.6 Å². The summed E-state index contributed by atoms with van der Waals surface area (Å²) in [5.74, 6) is 0. The van der Waals surface area contributed by atoms with Crippen molar-refractivity contribution in [3.05, 3.63) is 70.4 Å². The van der Waals surface area contributed by atoms with Gasteiger partial charge in [-0.1, -0.05) is 0 Å². The number of nitrogens with zero attached hydrogens (tertiary/aromatic N) is 2. The van der Waals surface area contributed by atoms with Crippen molar-refractivity contribution in [2.24, 2.45) is 0 Å². The van der Waals surface area contributed by atoms with E-state index in [2.05, 4.69) is 9.97 Å². The zero-order chi connectivity index (χ0) is 27.6. The zero-order valence-corrected chi connectivity index (χ0v) is 18.3. The Labute approximate surface area is 202 Å². The number of rotatable bonds is 2. The van der Waals surface area contributed by atoms with E-state index >= 15 is 0 Å². The minimum atomic E-state index is -5.16. The molecule has 0 N–H and O–H groups in total. The molecule has 0 spiro atoms. The molecular weight excluding hydrogens is 552 g/mol. The van der Waals surface area contributed by atoms with E-state index in [0.29, 0.717) is 35.6 Å². The van der Waals surface area contributed by atoms with Crippen LogP contribution in [0.4, 0.5) is 52.7 Å². The summed E-state index contributed by atoms with van der Waals surface area (Å²) < 4.78 is 159. The summed E-state index contributed by atoms with van der Waals surface area (Å²) in [5.41, 5.74) is -8.59. The van der Waals surface area contributed by atoms with E-state index in [4.69, 9.17) is 0 Å². The maximum absolute atomic E-state index is 13.3. The molecule has 0 bridgehead atoms. The highest BCUT2D eigenvalue weighted by Gasteiger charge is 2.39. The Morgan fingerprint density at radius 2 is 0.919 bits per heavy atom. The van der Waals surface area contributed by atoms with Gasteiger partial charge in [-0.05, 0) is 42.0 Å². The highest BCUT2D eigenvalue weighted by Crippen LogP contribution is 2.44. The molecule has 2 nitrogen and oxygen atoms in total. The summed E-state index contributed by atoms with van der Waals surface area (Å²) in [5, 5.41) is 1.09. The van der Waals surface area contributed by atoms with Gasteiger partial charge in [0.05, 0.1) is 38.2 Å². The maximum atomic E-state index is 13.3. The first-order valence-corrected chi connectivity index (χ1v) is 10.6. The first-order chi connectivity index (χ1) is 16.9. The highest BCUT2D eigenvalue weighted by molar-refractivity contribution is 7.18. The lowest BCUT2D eigenvalue weighted by Crippen LogP contribution is -2.11. The maximum Gasteiger partial charge on any atom is 0.416 e. The number of halogens is 12.